The molecule has 1 aliphatic carbocycles. The van der Waals surface area contributed by atoms with Crippen molar-refractivity contribution in [2.75, 3.05) is 13.2 Å². The minimum Gasteiger partial charge on any atom is -0.378 e. The second-order valence-electron chi connectivity index (χ2n) is 6.25. The molecule has 2 aliphatic rings. The third-order valence-electron chi connectivity index (χ3n) is 4.63. The van der Waals surface area contributed by atoms with Gasteiger partial charge in [0.25, 0.3) is 0 Å². The van der Waals surface area contributed by atoms with E-state index in [9.17, 15) is 0 Å². The molecule has 18 heavy (non-hydrogen) atoms. The van der Waals surface area contributed by atoms with Gasteiger partial charge in [0.15, 0.2) is 0 Å². The second-order valence-corrected chi connectivity index (χ2v) is 6.25. The van der Waals surface area contributed by atoms with Gasteiger partial charge in [-0.25, -0.2) is 0 Å². The highest BCUT2D eigenvalue weighted by molar-refractivity contribution is 4.78. The maximum Gasteiger partial charge on any atom is 0.0576 e. The fourth-order valence-electron chi connectivity index (χ4n) is 3.59. The number of nitrogens with one attached hydrogen (secondary N) is 1. The quantitative estimate of drug-likeness (QED) is 0.743. The lowest BCUT2D eigenvalue weighted by molar-refractivity contribution is 0.0996. The van der Waals surface area contributed by atoms with E-state index < -0.39 is 0 Å². The second kappa shape index (κ2) is 8.16. The zero-order valence-electron chi connectivity index (χ0n) is 12.1. The highest BCUT2D eigenvalue weighted by Gasteiger charge is 2.22. The molecular weight excluding hydrogens is 222 g/mol. The van der Waals surface area contributed by atoms with Gasteiger partial charge in [-0.1, -0.05) is 32.6 Å². The molecule has 1 saturated heterocycles. The van der Waals surface area contributed by atoms with E-state index in [0.717, 1.165) is 18.6 Å². The van der Waals surface area contributed by atoms with Gasteiger partial charge in [-0.2, -0.15) is 0 Å². The van der Waals surface area contributed by atoms with Crippen molar-refractivity contribution in [1.29, 1.82) is 0 Å². The fraction of sp³-hybridized carbons (Fsp3) is 1.00. The summed E-state index contributed by atoms with van der Waals surface area (Å²) in [5, 5.41) is 3.71. The summed E-state index contributed by atoms with van der Waals surface area (Å²) in [6, 6.07) is 0.812. The predicted octanol–water partition coefficient (Wildman–Crippen LogP) is 3.89. The van der Waals surface area contributed by atoms with E-state index in [4.69, 9.17) is 4.74 Å². The van der Waals surface area contributed by atoms with Crippen LogP contribution in [-0.2, 0) is 4.74 Å². The van der Waals surface area contributed by atoms with Gasteiger partial charge in [-0.05, 0) is 51.0 Å². The van der Waals surface area contributed by atoms with Crippen molar-refractivity contribution in [2.24, 2.45) is 5.92 Å². The zero-order chi connectivity index (χ0) is 12.6. The SMILES string of the molecule is CCCNC1CCCC(CCCC2CCCO2)C1. The molecule has 2 rings (SSSR count). The van der Waals surface area contributed by atoms with E-state index in [0.29, 0.717) is 6.10 Å². The largest absolute Gasteiger partial charge is 0.378 e. The molecule has 3 unspecified atom stereocenters. The summed E-state index contributed by atoms with van der Waals surface area (Å²) in [7, 11) is 0. The summed E-state index contributed by atoms with van der Waals surface area (Å²) in [5.41, 5.74) is 0. The monoisotopic (exact) mass is 253 g/mol. The number of hydrogen-bond acceptors (Lipinski definition) is 2. The molecule has 0 amide bonds. The molecule has 1 heterocycles. The van der Waals surface area contributed by atoms with Gasteiger partial charge in [0.1, 0.15) is 0 Å². The molecule has 0 aromatic carbocycles. The van der Waals surface area contributed by atoms with Gasteiger partial charge in [-0.15, -0.1) is 0 Å². The molecule has 0 aromatic rings. The van der Waals surface area contributed by atoms with E-state index in [1.54, 1.807) is 0 Å². The summed E-state index contributed by atoms with van der Waals surface area (Å²) in [6.07, 6.45) is 14.3. The van der Waals surface area contributed by atoms with Crippen molar-refractivity contribution in [1.82, 2.24) is 5.32 Å². The van der Waals surface area contributed by atoms with Crippen molar-refractivity contribution >= 4 is 0 Å². The van der Waals surface area contributed by atoms with E-state index in [-0.39, 0.29) is 0 Å². The first-order chi connectivity index (χ1) is 8.88. The Balaban J connectivity index is 1.57. The molecule has 2 fully saturated rings. The van der Waals surface area contributed by atoms with Crippen molar-refractivity contribution in [2.45, 2.75) is 83.3 Å². The zero-order valence-corrected chi connectivity index (χ0v) is 12.1. The normalized spacial score (nSPS) is 32.8. The Morgan fingerprint density at radius 1 is 1.11 bits per heavy atom. The van der Waals surface area contributed by atoms with Gasteiger partial charge in [0.2, 0.25) is 0 Å². The molecule has 1 saturated carbocycles. The van der Waals surface area contributed by atoms with Crippen molar-refractivity contribution in [3.63, 3.8) is 0 Å². The van der Waals surface area contributed by atoms with Crippen LogP contribution in [0.2, 0.25) is 0 Å². The Bertz CT molecular complexity index is 213. The lowest BCUT2D eigenvalue weighted by Crippen LogP contribution is -2.34. The molecule has 2 nitrogen and oxygen atoms in total. The Kier molecular flexibility index (Phi) is 6.50. The third-order valence-corrected chi connectivity index (χ3v) is 4.63. The van der Waals surface area contributed by atoms with Gasteiger partial charge < -0.3 is 10.1 Å². The van der Waals surface area contributed by atoms with Crippen LogP contribution in [0.15, 0.2) is 0 Å². The summed E-state index contributed by atoms with van der Waals surface area (Å²) in [4.78, 5) is 0. The average molecular weight is 253 g/mol. The Morgan fingerprint density at radius 2 is 2.06 bits per heavy atom. The molecule has 3 atom stereocenters. The van der Waals surface area contributed by atoms with E-state index in [2.05, 4.69) is 12.2 Å². The number of ether oxygens (including phenoxy) is 1. The van der Waals surface area contributed by atoms with Crippen LogP contribution < -0.4 is 5.32 Å². The Hall–Kier alpha value is -0.0800. The maximum atomic E-state index is 5.70. The number of rotatable bonds is 7. The van der Waals surface area contributed by atoms with Gasteiger partial charge in [0, 0.05) is 12.6 Å². The molecular formula is C16H31NO. The van der Waals surface area contributed by atoms with Crippen LogP contribution in [0.25, 0.3) is 0 Å². The standard InChI is InChI=1S/C16H31NO/c1-2-11-17-15-8-3-6-14(13-15)7-4-9-16-10-5-12-18-16/h14-17H,2-13H2,1H3. The van der Waals surface area contributed by atoms with Crippen LogP contribution in [0.1, 0.15) is 71.1 Å². The Morgan fingerprint density at radius 3 is 2.83 bits per heavy atom. The van der Waals surface area contributed by atoms with E-state index in [1.165, 1.54) is 70.8 Å². The maximum absolute atomic E-state index is 5.70. The first-order valence-corrected chi connectivity index (χ1v) is 8.23. The van der Waals surface area contributed by atoms with Crippen molar-refractivity contribution in [3.05, 3.63) is 0 Å². The molecule has 0 spiro atoms. The van der Waals surface area contributed by atoms with Gasteiger partial charge >= 0.3 is 0 Å². The molecule has 2 heteroatoms. The molecule has 1 aliphatic heterocycles. The fourth-order valence-corrected chi connectivity index (χ4v) is 3.59. The van der Waals surface area contributed by atoms with Crippen molar-refractivity contribution in [3.8, 4) is 0 Å². The summed E-state index contributed by atoms with van der Waals surface area (Å²) >= 11 is 0. The summed E-state index contributed by atoms with van der Waals surface area (Å²) < 4.78 is 5.70. The van der Waals surface area contributed by atoms with Crippen LogP contribution in [0, 0.1) is 5.92 Å². The third kappa shape index (κ3) is 4.89. The first-order valence-electron chi connectivity index (χ1n) is 8.23. The van der Waals surface area contributed by atoms with E-state index in [1.807, 2.05) is 0 Å². The topological polar surface area (TPSA) is 21.3 Å². The van der Waals surface area contributed by atoms with E-state index >= 15 is 0 Å². The van der Waals surface area contributed by atoms with Crippen LogP contribution in [0.5, 0.6) is 0 Å². The summed E-state index contributed by atoms with van der Waals surface area (Å²) in [6.45, 7) is 4.47. The highest BCUT2D eigenvalue weighted by atomic mass is 16.5. The summed E-state index contributed by atoms with van der Waals surface area (Å²) in [5.74, 6) is 0.981. The van der Waals surface area contributed by atoms with Crippen molar-refractivity contribution < 1.29 is 4.74 Å². The van der Waals surface area contributed by atoms with Crippen LogP contribution >= 0.6 is 0 Å². The highest BCUT2D eigenvalue weighted by Crippen LogP contribution is 2.29. The molecule has 106 valence electrons. The minimum absolute atomic E-state index is 0.600. The average Bonchev–Trinajstić information content (AvgIpc) is 2.90. The van der Waals surface area contributed by atoms with Gasteiger partial charge in [0.05, 0.1) is 6.10 Å². The number of hydrogen-bond donors (Lipinski definition) is 1. The molecule has 0 bridgehead atoms. The molecule has 0 aromatic heterocycles. The lowest BCUT2D eigenvalue weighted by atomic mass is 9.82. The minimum atomic E-state index is 0.600. The molecule has 0 radical (unpaired) electrons. The smallest absolute Gasteiger partial charge is 0.0576 e. The van der Waals surface area contributed by atoms with Crippen LogP contribution in [0.4, 0.5) is 0 Å². The van der Waals surface area contributed by atoms with Crippen LogP contribution in [-0.4, -0.2) is 25.3 Å². The van der Waals surface area contributed by atoms with Crippen LogP contribution in [0.3, 0.4) is 0 Å². The van der Waals surface area contributed by atoms with Gasteiger partial charge in [-0.3, -0.25) is 0 Å². The predicted molar refractivity (Wildman–Crippen MR) is 76.9 cm³/mol. The Labute approximate surface area is 113 Å². The first kappa shape index (κ1) is 14.3. The molecule has 1 N–H and O–H groups in total. The lowest BCUT2D eigenvalue weighted by Gasteiger charge is -2.30.